The molecule has 0 aliphatic rings. The van der Waals surface area contributed by atoms with E-state index < -0.39 is 12.6 Å². The number of nitrogens with one attached hydrogen (secondary N) is 1. The molecular formula is C9H18F3NO2. The SMILES string of the molecule is COCC(CCO)NCCCC(F)(F)F. The lowest BCUT2D eigenvalue weighted by Gasteiger charge is -2.16. The smallest absolute Gasteiger partial charge is 0.389 e. The van der Waals surface area contributed by atoms with Gasteiger partial charge < -0.3 is 15.2 Å². The first-order valence-corrected chi connectivity index (χ1v) is 4.89. The summed E-state index contributed by atoms with van der Waals surface area (Å²) < 4.78 is 40.2. The van der Waals surface area contributed by atoms with Gasteiger partial charge in [0.15, 0.2) is 0 Å². The maximum absolute atomic E-state index is 11.8. The highest BCUT2D eigenvalue weighted by Gasteiger charge is 2.25. The van der Waals surface area contributed by atoms with Crippen molar-refractivity contribution in [2.75, 3.05) is 26.9 Å². The monoisotopic (exact) mass is 229 g/mol. The van der Waals surface area contributed by atoms with Crippen molar-refractivity contribution in [3.8, 4) is 0 Å². The molecule has 0 saturated carbocycles. The topological polar surface area (TPSA) is 41.5 Å². The van der Waals surface area contributed by atoms with Crippen LogP contribution in [-0.2, 0) is 4.74 Å². The van der Waals surface area contributed by atoms with Crippen molar-refractivity contribution in [2.24, 2.45) is 0 Å². The summed E-state index contributed by atoms with van der Waals surface area (Å²) in [6.45, 7) is 0.681. The Bertz CT molecular complexity index is 147. The van der Waals surface area contributed by atoms with Gasteiger partial charge in [0.1, 0.15) is 0 Å². The molecule has 0 aromatic rings. The van der Waals surface area contributed by atoms with Gasteiger partial charge in [-0.1, -0.05) is 0 Å². The molecule has 0 bridgehead atoms. The number of halogens is 3. The standard InChI is InChI=1S/C9H18F3NO2/c1-15-7-8(3-6-14)13-5-2-4-9(10,11)12/h8,13-14H,2-7H2,1H3. The molecule has 15 heavy (non-hydrogen) atoms. The molecule has 0 aromatic heterocycles. The average Bonchev–Trinajstić information content (AvgIpc) is 2.11. The van der Waals surface area contributed by atoms with Crippen LogP contribution in [0.15, 0.2) is 0 Å². The van der Waals surface area contributed by atoms with Gasteiger partial charge in [-0.3, -0.25) is 0 Å². The summed E-state index contributed by atoms with van der Waals surface area (Å²) >= 11 is 0. The summed E-state index contributed by atoms with van der Waals surface area (Å²) in [7, 11) is 1.52. The lowest BCUT2D eigenvalue weighted by molar-refractivity contribution is -0.135. The average molecular weight is 229 g/mol. The molecule has 0 rings (SSSR count). The number of alkyl halides is 3. The van der Waals surface area contributed by atoms with Gasteiger partial charge in [0.2, 0.25) is 0 Å². The lowest BCUT2D eigenvalue weighted by atomic mass is 10.2. The summed E-state index contributed by atoms with van der Waals surface area (Å²) in [4.78, 5) is 0. The van der Waals surface area contributed by atoms with E-state index in [2.05, 4.69) is 5.32 Å². The van der Waals surface area contributed by atoms with Gasteiger partial charge in [0.05, 0.1) is 6.61 Å². The third-order valence-electron chi connectivity index (χ3n) is 1.92. The van der Waals surface area contributed by atoms with E-state index >= 15 is 0 Å². The molecule has 2 N–H and O–H groups in total. The van der Waals surface area contributed by atoms with Gasteiger partial charge in [-0.2, -0.15) is 13.2 Å². The van der Waals surface area contributed by atoms with Crippen LogP contribution in [0.1, 0.15) is 19.3 Å². The van der Waals surface area contributed by atoms with E-state index in [-0.39, 0.29) is 25.6 Å². The fourth-order valence-corrected chi connectivity index (χ4v) is 1.20. The van der Waals surface area contributed by atoms with Crippen LogP contribution >= 0.6 is 0 Å². The molecule has 0 amide bonds. The van der Waals surface area contributed by atoms with Crippen LogP contribution in [0.3, 0.4) is 0 Å². The lowest BCUT2D eigenvalue weighted by Crippen LogP contribution is -2.35. The Morgan fingerprint density at radius 1 is 1.40 bits per heavy atom. The van der Waals surface area contributed by atoms with E-state index in [4.69, 9.17) is 9.84 Å². The second-order valence-electron chi connectivity index (χ2n) is 3.34. The highest BCUT2D eigenvalue weighted by Crippen LogP contribution is 2.20. The predicted octanol–water partition coefficient (Wildman–Crippen LogP) is 1.32. The molecule has 1 atom stereocenters. The Labute approximate surface area is 87.6 Å². The fourth-order valence-electron chi connectivity index (χ4n) is 1.20. The Balaban J connectivity index is 3.52. The molecule has 0 saturated heterocycles. The number of ether oxygens (including phenoxy) is 1. The number of aliphatic hydroxyl groups excluding tert-OH is 1. The summed E-state index contributed by atoms with van der Waals surface area (Å²) in [5.41, 5.74) is 0. The molecule has 0 aliphatic carbocycles. The van der Waals surface area contributed by atoms with E-state index in [1.807, 2.05) is 0 Å². The minimum absolute atomic E-state index is 0.000295. The zero-order valence-electron chi connectivity index (χ0n) is 8.81. The molecule has 0 radical (unpaired) electrons. The van der Waals surface area contributed by atoms with Gasteiger partial charge in [-0.05, 0) is 19.4 Å². The van der Waals surface area contributed by atoms with Crippen molar-refractivity contribution in [2.45, 2.75) is 31.5 Å². The fraction of sp³-hybridized carbons (Fsp3) is 1.00. The quantitative estimate of drug-likeness (QED) is 0.617. The number of rotatable bonds is 8. The van der Waals surface area contributed by atoms with E-state index in [0.717, 1.165) is 0 Å². The van der Waals surface area contributed by atoms with Crippen LogP contribution in [-0.4, -0.2) is 44.2 Å². The van der Waals surface area contributed by atoms with Gasteiger partial charge in [-0.25, -0.2) is 0 Å². The summed E-state index contributed by atoms with van der Waals surface area (Å²) in [5.74, 6) is 0. The number of aliphatic hydroxyl groups is 1. The Morgan fingerprint density at radius 2 is 2.07 bits per heavy atom. The predicted molar refractivity (Wildman–Crippen MR) is 50.7 cm³/mol. The maximum Gasteiger partial charge on any atom is 0.389 e. The summed E-state index contributed by atoms with van der Waals surface area (Å²) in [5, 5.41) is 11.6. The third-order valence-corrected chi connectivity index (χ3v) is 1.92. The van der Waals surface area contributed by atoms with Crippen LogP contribution in [0.4, 0.5) is 13.2 Å². The normalized spacial score (nSPS) is 14.2. The summed E-state index contributed by atoms with van der Waals surface area (Å²) in [6.07, 6.45) is -4.33. The molecular weight excluding hydrogens is 211 g/mol. The maximum atomic E-state index is 11.8. The van der Waals surface area contributed by atoms with E-state index in [1.54, 1.807) is 0 Å². The Kier molecular flexibility index (Phi) is 7.72. The molecule has 0 aliphatic heterocycles. The van der Waals surface area contributed by atoms with Crippen molar-refractivity contribution in [3.63, 3.8) is 0 Å². The highest BCUT2D eigenvalue weighted by molar-refractivity contribution is 4.66. The van der Waals surface area contributed by atoms with Crippen LogP contribution in [0.5, 0.6) is 0 Å². The molecule has 1 unspecified atom stereocenters. The zero-order chi connectivity index (χ0) is 11.7. The van der Waals surface area contributed by atoms with Gasteiger partial charge in [0.25, 0.3) is 0 Å². The van der Waals surface area contributed by atoms with E-state index in [0.29, 0.717) is 13.0 Å². The molecule has 0 heterocycles. The van der Waals surface area contributed by atoms with Crippen LogP contribution in [0.2, 0.25) is 0 Å². The van der Waals surface area contributed by atoms with E-state index in [1.165, 1.54) is 7.11 Å². The first-order valence-electron chi connectivity index (χ1n) is 4.89. The van der Waals surface area contributed by atoms with Crippen LogP contribution < -0.4 is 5.32 Å². The first kappa shape index (κ1) is 14.7. The molecule has 0 fully saturated rings. The minimum Gasteiger partial charge on any atom is -0.396 e. The molecule has 92 valence electrons. The first-order chi connectivity index (χ1) is 6.99. The third kappa shape index (κ3) is 9.96. The number of methoxy groups -OCH3 is 1. The molecule has 0 spiro atoms. The van der Waals surface area contributed by atoms with Crippen molar-refractivity contribution in [1.29, 1.82) is 0 Å². The van der Waals surface area contributed by atoms with Crippen molar-refractivity contribution < 1.29 is 23.0 Å². The van der Waals surface area contributed by atoms with Gasteiger partial charge in [-0.15, -0.1) is 0 Å². The van der Waals surface area contributed by atoms with Crippen LogP contribution in [0.25, 0.3) is 0 Å². The second kappa shape index (κ2) is 7.90. The number of hydrogen-bond acceptors (Lipinski definition) is 3. The summed E-state index contributed by atoms with van der Waals surface area (Å²) in [6, 6.07) is -0.0757. The molecule has 0 aromatic carbocycles. The Hall–Kier alpha value is -0.330. The van der Waals surface area contributed by atoms with E-state index in [9.17, 15) is 13.2 Å². The largest absolute Gasteiger partial charge is 0.396 e. The second-order valence-corrected chi connectivity index (χ2v) is 3.34. The molecule has 6 heteroatoms. The zero-order valence-corrected chi connectivity index (χ0v) is 8.81. The van der Waals surface area contributed by atoms with Crippen molar-refractivity contribution in [3.05, 3.63) is 0 Å². The minimum atomic E-state index is -4.09. The van der Waals surface area contributed by atoms with Gasteiger partial charge in [0, 0.05) is 26.2 Å². The Morgan fingerprint density at radius 3 is 2.53 bits per heavy atom. The van der Waals surface area contributed by atoms with Crippen molar-refractivity contribution in [1.82, 2.24) is 5.32 Å². The van der Waals surface area contributed by atoms with Crippen LogP contribution in [0, 0.1) is 0 Å². The van der Waals surface area contributed by atoms with Crippen molar-refractivity contribution >= 4 is 0 Å². The highest BCUT2D eigenvalue weighted by atomic mass is 19.4. The van der Waals surface area contributed by atoms with Gasteiger partial charge >= 0.3 is 6.18 Å². The molecule has 3 nitrogen and oxygen atoms in total. The number of hydrogen-bond donors (Lipinski definition) is 2.